The molecular formula is C13H17NO2. The maximum Gasteiger partial charge on any atom is 0.219 e. The zero-order chi connectivity index (χ0) is 11.5. The maximum atomic E-state index is 11.5. The Morgan fingerprint density at radius 1 is 1.38 bits per heavy atom. The van der Waals surface area contributed by atoms with Crippen LogP contribution in [-0.2, 0) is 11.3 Å². The van der Waals surface area contributed by atoms with E-state index in [1.165, 1.54) is 0 Å². The maximum absolute atomic E-state index is 11.5. The SMILES string of the molecule is COc1ccc(CN(C(C)=O)C2CC2)cc1. The lowest BCUT2D eigenvalue weighted by atomic mass is 10.2. The number of methoxy groups -OCH3 is 1. The van der Waals surface area contributed by atoms with E-state index in [1.807, 2.05) is 29.2 Å². The zero-order valence-electron chi connectivity index (χ0n) is 9.77. The topological polar surface area (TPSA) is 29.5 Å². The Morgan fingerprint density at radius 2 is 2.00 bits per heavy atom. The number of carbonyl (C=O) groups excluding carboxylic acids is 1. The highest BCUT2D eigenvalue weighted by atomic mass is 16.5. The summed E-state index contributed by atoms with van der Waals surface area (Å²) in [6, 6.07) is 8.36. The lowest BCUT2D eigenvalue weighted by molar-refractivity contribution is -0.130. The van der Waals surface area contributed by atoms with Crippen LogP contribution in [0.15, 0.2) is 24.3 Å². The lowest BCUT2D eigenvalue weighted by Gasteiger charge is -2.20. The summed E-state index contributed by atoms with van der Waals surface area (Å²) in [5, 5.41) is 0. The zero-order valence-corrected chi connectivity index (χ0v) is 9.77. The standard InChI is InChI=1S/C13H17NO2/c1-10(15)14(12-5-6-12)9-11-3-7-13(16-2)8-4-11/h3-4,7-8,12H,5-6,9H2,1-2H3. The van der Waals surface area contributed by atoms with E-state index in [0.717, 1.165) is 24.2 Å². The van der Waals surface area contributed by atoms with E-state index in [1.54, 1.807) is 14.0 Å². The number of rotatable bonds is 4. The summed E-state index contributed by atoms with van der Waals surface area (Å²) in [4.78, 5) is 13.4. The van der Waals surface area contributed by atoms with Crippen molar-refractivity contribution in [3.05, 3.63) is 29.8 Å². The molecule has 0 unspecified atom stereocenters. The van der Waals surface area contributed by atoms with Gasteiger partial charge in [-0.1, -0.05) is 12.1 Å². The number of carbonyl (C=O) groups is 1. The van der Waals surface area contributed by atoms with Crippen LogP contribution in [0, 0.1) is 0 Å². The second-order valence-electron chi connectivity index (χ2n) is 4.23. The van der Waals surface area contributed by atoms with Crippen molar-refractivity contribution in [1.29, 1.82) is 0 Å². The van der Waals surface area contributed by atoms with Gasteiger partial charge < -0.3 is 9.64 Å². The largest absolute Gasteiger partial charge is 0.497 e. The van der Waals surface area contributed by atoms with Crippen molar-refractivity contribution in [2.45, 2.75) is 32.4 Å². The molecule has 1 aromatic rings. The predicted octanol–water partition coefficient (Wildman–Crippen LogP) is 2.21. The van der Waals surface area contributed by atoms with E-state index < -0.39 is 0 Å². The van der Waals surface area contributed by atoms with Crippen LogP contribution < -0.4 is 4.74 Å². The fourth-order valence-electron chi connectivity index (χ4n) is 1.81. The summed E-state index contributed by atoms with van der Waals surface area (Å²) < 4.78 is 5.10. The Kier molecular flexibility index (Phi) is 3.13. The predicted molar refractivity (Wildman–Crippen MR) is 62.2 cm³/mol. The van der Waals surface area contributed by atoms with Crippen LogP contribution in [0.1, 0.15) is 25.3 Å². The fourth-order valence-corrected chi connectivity index (χ4v) is 1.81. The fraction of sp³-hybridized carbons (Fsp3) is 0.462. The van der Waals surface area contributed by atoms with Crippen molar-refractivity contribution in [3.63, 3.8) is 0 Å². The summed E-state index contributed by atoms with van der Waals surface area (Å²) in [5.41, 5.74) is 1.16. The Morgan fingerprint density at radius 3 is 2.44 bits per heavy atom. The smallest absolute Gasteiger partial charge is 0.219 e. The summed E-state index contributed by atoms with van der Waals surface area (Å²) in [7, 11) is 1.65. The van der Waals surface area contributed by atoms with E-state index in [4.69, 9.17) is 4.74 Å². The number of amides is 1. The molecular weight excluding hydrogens is 202 g/mol. The molecule has 0 aromatic heterocycles. The average molecular weight is 219 g/mol. The Labute approximate surface area is 96.0 Å². The van der Waals surface area contributed by atoms with Gasteiger partial charge in [0, 0.05) is 19.5 Å². The van der Waals surface area contributed by atoms with E-state index in [0.29, 0.717) is 12.6 Å². The summed E-state index contributed by atoms with van der Waals surface area (Å²) in [6.07, 6.45) is 2.30. The molecule has 0 radical (unpaired) electrons. The van der Waals surface area contributed by atoms with Crippen LogP contribution in [0.3, 0.4) is 0 Å². The normalized spacial score (nSPS) is 14.6. The molecule has 3 nitrogen and oxygen atoms in total. The molecule has 16 heavy (non-hydrogen) atoms. The molecule has 0 heterocycles. The molecule has 0 bridgehead atoms. The van der Waals surface area contributed by atoms with E-state index >= 15 is 0 Å². The average Bonchev–Trinajstić information content (AvgIpc) is 3.10. The van der Waals surface area contributed by atoms with Crippen molar-refractivity contribution < 1.29 is 9.53 Å². The summed E-state index contributed by atoms with van der Waals surface area (Å²) >= 11 is 0. The monoisotopic (exact) mass is 219 g/mol. The Hall–Kier alpha value is -1.51. The van der Waals surface area contributed by atoms with E-state index in [2.05, 4.69) is 0 Å². The minimum Gasteiger partial charge on any atom is -0.497 e. The first-order chi connectivity index (χ1) is 7.70. The lowest BCUT2D eigenvalue weighted by Crippen LogP contribution is -2.30. The molecule has 1 aliphatic carbocycles. The summed E-state index contributed by atoms with van der Waals surface area (Å²) in [6.45, 7) is 2.35. The van der Waals surface area contributed by atoms with Crippen molar-refractivity contribution in [2.24, 2.45) is 0 Å². The number of nitrogens with zero attached hydrogens (tertiary/aromatic N) is 1. The van der Waals surface area contributed by atoms with E-state index in [9.17, 15) is 4.79 Å². The third-order valence-corrected chi connectivity index (χ3v) is 2.90. The van der Waals surface area contributed by atoms with Crippen LogP contribution in [-0.4, -0.2) is 24.0 Å². The molecule has 3 heteroatoms. The Balaban J connectivity index is 2.03. The second-order valence-corrected chi connectivity index (χ2v) is 4.23. The molecule has 86 valence electrons. The van der Waals surface area contributed by atoms with Gasteiger partial charge in [0.15, 0.2) is 0 Å². The minimum absolute atomic E-state index is 0.165. The van der Waals surface area contributed by atoms with Gasteiger partial charge in [0.1, 0.15) is 5.75 Å². The summed E-state index contributed by atoms with van der Waals surface area (Å²) in [5.74, 6) is 1.02. The third kappa shape index (κ3) is 2.54. The van der Waals surface area contributed by atoms with Gasteiger partial charge in [-0.05, 0) is 30.5 Å². The van der Waals surface area contributed by atoms with Crippen LogP contribution >= 0.6 is 0 Å². The highest BCUT2D eigenvalue weighted by molar-refractivity contribution is 5.74. The van der Waals surface area contributed by atoms with Crippen molar-refractivity contribution in [3.8, 4) is 5.75 Å². The molecule has 1 fully saturated rings. The molecule has 1 saturated carbocycles. The molecule has 0 saturated heterocycles. The van der Waals surface area contributed by atoms with Gasteiger partial charge in [0.05, 0.1) is 7.11 Å². The molecule has 0 aliphatic heterocycles. The van der Waals surface area contributed by atoms with Crippen molar-refractivity contribution >= 4 is 5.91 Å². The molecule has 1 amide bonds. The van der Waals surface area contributed by atoms with Gasteiger partial charge in [0.25, 0.3) is 0 Å². The molecule has 1 aromatic carbocycles. The van der Waals surface area contributed by atoms with Crippen LogP contribution in [0.4, 0.5) is 0 Å². The van der Waals surface area contributed by atoms with Gasteiger partial charge in [-0.3, -0.25) is 4.79 Å². The number of ether oxygens (including phenoxy) is 1. The van der Waals surface area contributed by atoms with Crippen molar-refractivity contribution in [1.82, 2.24) is 4.90 Å². The van der Waals surface area contributed by atoms with Gasteiger partial charge in [-0.15, -0.1) is 0 Å². The van der Waals surface area contributed by atoms with Crippen LogP contribution in [0.25, 0.3) is 0 Å². The molecule has 0 spiro atoms. The third-order valence-electron chi connectivity index (χ3n) is 2.90. The molecule has 1 aliphatic rings. The van der Waals surface area contributed by atoms with Gasteiger partial charge in [-0.2, -0.15) is 0 Å². The van der Waals surface area contributed by atoms with Crippen LogP contribution in [0.2, 0.25) is 0 Å². The number of benzene rings is 1. The number of hydrogen-bond donors (Lipinski definition) is 0. The minimum atomic E-state index is 0.165. The van der Waals surface area contributed by atoms with Gasteiger partial charge in [0.2, 0.25) is 5.91 Å². The van der Waals surface area contributed by atoms with Crippen molar-refractivity contribution in [2.75, 3.05) is 7.11 Å². The van der Waals surface area contributed by atoms with E-state index in [-0.39, 0.29) is 5.91 Å². The van der Waals surface area contributed by atoms with Gasteiger partial charge >= 0.3 is 0 Å². The first-order valence-electron chi connectivity index (χ1n) is 5.61. The molecule has 0 N–H and O–H groups in total. The van der Waals surface area contributed by atoms with Crippen LogP contribution in [0.5, 0.6) is 5.75 Å². The highest BCUT2D eigenvalue weighted by Gasteiger charge is 2.30. The molecule has 0 atom stereocenters. The second kappa shape index (κ2) is 4.56. The Bertz CT molecular complexity index is 368. The van der Waals surface area contributed by atoms with Gasteiger partial charge in [-0.25, -0.2) is 0 Å². The molecule has 2 rings (SSSR count). The first kappa shape index (κ1) is 11.0. The quantitative estimate of drug-likeness (QED) is 0.777. The number of hydrogen-bond acceptors (Lipinski definition) is 2. The highest BCUT2D eigenvalue weighted by Crippen LogP contribution is 2.28. The first-order valence-corrected chi connectivity index (χ1v) is 5.61.